The van der Waals surface area contributed by atoms with E-state index in [4.69, 9.17) is 14.5 Å². The topological polar surface area (TPSA) is 70.4 Å². The molecule has 0 N–H and O–H groups in total. The molecule has 0 aliphatic rings. The van der Waals surface area contributed by atoms with Crippen molar-refractivity contribution in [1.29, 1.82) is 0 Å². The molecule has 0 bridgehead atoms. The summed E-state index contributed by atoms with van der Waals surface area (Å²) in [5.74, 6) is 1.31. The minimum Gasteiger partial charge on any atom is -0.489 e. The summed E-state index contributed by atoms with van der Waals surface area (Å²) < 4.78 is 12.8. The Balaban J connectivity index is 1.60. The number of carbonyl (C=O) groups excluding carboxylic acids is 1. The number of benzene rings is 3. The molecule has 0 radical (unpaired) electrons. The maximum absolute atomic E-state index is 13.6. The molecule has 0 spiro atoms. The van der Waals surface area contributed by atoms with Gasteiger partial charge in [-0.05, 0) is 66.8 Å². The van der Waals surface area contributed by atoms with E-state index in [1.165, 1.54) is 7.11 Å². The van der Waals surface area contributed by atoms with E-state index in [1.54, 1.807) is 12.1 Å². The fourth-order valence-electron chi connectivity index (χ4n) is 4.60. The molecule has 1 heterocycles. The lowest BCUT2D eigenvalue weighted by atomic mass is 10.0. The molecule has 6 heteroatoms. The first-order valence-electron chi connectivity index (χ1n) is 13.3. The second-order valence-corrected chi connectivity index (χ2v) is 9.71. The Morgan fingerprint density at radius 1 is 0.921 bits per heavy atom. The molecule has 0 atom stereocenters. The predicted octanol–water partition coefficient (Wildman–Crippen LogP) is 6.41. The standard InChI is InChI=1S/C32H36N2O4/c1-5-7-9-30-33-28-16-10-22(3)18-27(28)31(35)34(30)20-24-13-17-29(26(19-24)8-6-2)38-21-23-11-14-25(15-12-23)32(36)37-4/h10-19H,5-9,20-21H2,1-4H3. The highest BCUT2D eigenvalue weighted by Crippen LogP contribution is 2.24. The zero-order valence-corrected chi connectivity index (χ0v) is 22.8. The Labute approximate surface area is 224 Å². The third kappa shape index (κ3) is 6.31. The molecule has 0 amide bonds. The van der Waals surface area contributed by atoms with Gasteiger partial charge in [-0.25, -0.2) is 9.78 Å². The van der Waals surface area contributed by atoms with Crippen molar-refractivity contribution in [2.75, 3.05) is 7.11 Å². The van der Waals surface area contributed by atoms with E-state index < -0.39 is 0 Å². The van der Waals surface area contributed by atoms with E-state index in [0.717, 1.165) is 71.4 Å². The van der Waals surface area contributed by atoms with Crippen LogP contribution in [0.4, 0.5) is 0 Å². The first kappa shape index (κ1) is 27.1. The van der Waals surface area contributed by atoms with Crippen LogP contribution < -0.4 is 10.3 Å². The van der Waals surface area contributed by atoms with Gasteiger partial charge >= 0.3 is 5.97 Å². The average Bonchev–Trinajstić information content (AvgIpc) is 2.93. The molecule has 4 aromatic rings. The van der Waals surface area contributed by atoms with Gasteiger partial charge in [-0.15, -0.1) is 0 Å². The zero-order chi connectivity index (χ0) is 27.1. The number of nitrogens with zero attached hydrogens (tertiary/aromatic N) is 2. The number of esters is 1. The van der Waals surface area contributed by atoms with Gasteiger partial charge in [-0.3, -0.25) is 9.36 Å². The van der Waals surface area contributed by atoms with E-state index in [-0.39, 0.29) is 11.5 Å². The molecule has 0 aliphatic carbocycles. The van der Waals surface area contributed by atoms with Crippen molar-refractivity contribution in [1.82, 2.24) is 9.55 Å². The summed E-state index contributed by atoms with van der Waals surface area (Å²) in [6, 6.07) is 19.3. The summed E-state index contributed by atoms with van der Waals surface area (Å²) in [4.78, 5) is 30.1. The van der Waals surface area contributed by atoms with Crippen molar-refractivity contribution in [3.63, 3.8) is 0 Å². The molecular formula is C32H36N2O4. The highest BCUT2D eigenvalue weighted by molar-refractivity contribution is 5.89. The van der Waals surface area contributed by atoms with Crippen molar-refractivity contribution < 1.29 is 14.3 Å². The van der Waals surface area contributed by atoms with Gasteiger partial charge < -0.3 is 9.47 Å². The van der Waals surface area contributed by atoms with Crippen LogP contribution in [0.15, 0.2) is 65.5 Å². The highest BCUT2D eigenvalue weighted by atomic mass is 16.5. The van der Waals surface area contributed by atoms with Crippen LogP contribution in [-0.4, -0.2) is 22.6 Å². The molecule has 0 unspecified atom stereocenters. The maximum Gasteiger partial charge on any atom is 0.337 e. The van der Waals surface area contributed by atoms with Gasteiger partial charge in [-0.1, -0.05) is 62.6 Å². The maximum atomic E-state index is 13.6. The SMILES string of the molecule is CCCCc1nc2ccc(C)cc2c(=O)n1Cc1ccc(OCc2ccc(C(=O)OC)cc2)c(CCC)c1. The van der Waals surface area contributed by atoms with Crippen LogP contribution in [0.25, 0.3) is 10.9 Å². The molecule has 4 rings (SSSR count). The summed E-state index contributed by atoms with van der Waals surface area (Å²) in [7, 11) is 1.37. The number of unbranched alkanes of at least 4 members (excludes halogenated alkanes) is 1. The lowest BCUT2D eigenvalue weighted by Crippen LogP contribution is -2.26. The van der Waals surface area contributed by atoms with E-state index in [2.05, 4.69) is 19.9 Å². The molecule has 6 nitrogen and oxygen atoms in total. The minimum absolute atomic E-state index is 0.0116. The number of aromatic nitrogens is 2. The first-order valence-corrected chi connectivity index (χ1v) is 13.3. The number of rotatable bonds is 11. The fourth-order valence-corrected chi connectivity index (χ4v) is 4.60. The fraction of sp³-hybridized carbons (Fsp3) is 0.344. The highest BCUT2D eigenvalue weighted by Gasteiger charge is 2.14. The van der Waals surface area contributed by atoms with Crippen LogP contribution in [0.2, 0.25) is 0 Å². The number of aryl methyl sites for hydroxylation is 3. The molecule has 0 fully saturated rings. The normalized spacial score (nSPS) is 11.1. The van der Waals surface area contributed by atoms with Crippen LogP contribution >= 0.6 is 0 Å². The first-order chi connectivity index (χ1) is 18.4. The van der Waals surface area contributed by atoms with Crippen LogP contribution in [0.1, 0.15) is 71.5 Å². The Hall–Kier alpha value is -3.93. The number of methoxy groups -OCH3 is 1. The second-order valence-electron chi connectivity index (χ2n) is 9.71. The number of ether oxygens (including phenoxy) is 2. The molecule has 38 heavy (non-hydrogen) atoms. The Morgan fingerprint density at radius 3 is 2.39 bits per heavy atom. The van der Waals surface area contributed by atoms with Crippen molar-refractivity contribution >= 4 is 16.9 Å². The molecule has 0 saturated carbocycles. The third-order valence-electron chi connectivity index (χ3n) is 6.70. The van der Waals surface area contributed by atoms with Gasteiger partial charge in [-0.2, -0.15) is 0 Å². The largest absolute Gasteiger partial charge is 0.489 e. The van der Waals surface area contributed by atoms with Crippen LogP contribution in [-0.2, 0) is 30.7 Å². The van der Waals surface area contributed by atoms with E-state index in [0.29, 0.717) is 24.1 Å². The monoisotopic (exact) mass is 512 g/mol. The van der Waals surface area contributed by atoms with E-state index >= 15 is 0 Å². The molecule has 0 saturated heterocycles. The number of fused-ring (bicyclic) bond motifs is 1. The lowest BCUT2D eigenvalue weighted by Gasteiger charge is -2.16. The van der Waals surface area contributed by atoms with Gasteiger partial charge in [0, 0.05) is 6.42 Å². The third-order valence-corrected chi connectivity index (χ3v) is 6.70. The van der Waals surface area contributed by atoms with E-state index in [1.807, 2.05) is 54.0 Å². The number of carbonyl (C=O) groups is 1. The minimum atomic E-state index is -0.355. The second kappa shape index (κ2) is 12.5. The molecular weight excluding hydrogens is 476 g/mol. The molecule has 1 aromatic heterocycles. The summed E-state index contributed by atoms with van der Waals surface area (Å²) in [5, 5.41) is 0.664. The zero-order valence-electron chi connectivity index (χ0n) is 22.8. The van der Waals surface area contributed by atoms with Gasteiger partial charge in [0.15, 0.2) is 0 Å². The van der Waals surface area contributed by atoms with Crippen LogP contribution in [0.3, 0.4) is 0 Å². The van der Waals surface area contributed by atoms with Crippen LogP contribution in [0.5, 0.6) is 5.75 Å². The van der Waals surface area contributed by atoms with Crippen molar-refractivity contribution in [2.45, 2.75) is 66.0 Å². The predicted molar refractivity (Wildman–Crippen MR) is 151 cm³/mol. The van der Waals surface area contributed by atoms with Crippen LogP contribution in [0, 0.1) is 6.92 Å². The average molecular weight is 513 g/mol. The summed E-state index contributed by atoms with van der Waals surface area (Å²) in [5.41, 5.74) is 5.47. The van der Waals surface area contributed by atoms with Crippen molar-refractivity contribution in [3.05, 3.63) is 105 Å². The Bertz CT molecular complexity index is 1470. The molecule has 198 valence electrons. The summed E-state index contributed by atoms with van der Waals surface area (Å²) >= 11 is 0. The quantitative estimate of drug-likeness (QED) is 0.217. The van der Waals surface area contributed by atoms with E-state index in [9.17, 15) is 9.59 Å². The summed E-state index contributed by atoms with van der Waals surface area (Å²) in [6.45, 7) is 7.16. The molecule has 0 aliphatic heterocycles. The van der Waals surface area contributed by atoms with Gasteiger partial charge in [0.25, 0.3) is 5.56 Å². The lowest BCUT2D eigenvalue weighted by molar-refractivity contribution is 0.0600. The van der Waals surface area contributed by atoms with Gasteiger partial charge in [0.1, 0.15) is 18.2 Å². The Morgan fingerprint density at radius 2 is 1.68 bits per heavy atom. The van der Waals surface area contributed by atoms with Crippen molar-refractivity contribution in [2.24, 2.45) is 0 Å². The number of hydrogen-bond acceptors (Lipinski definition) is 5. The van der Waals surface area contributed by atoms with Crippen molar-refractivity contribution in [3.8, 4) is 5.75 Å². The smallest absolute Gasteiger partial charge is 0.337 e. The Kier molecular flexibility index (Phi) is 8.95. The van der Waals surface area contributed by atoms with Gasteiger partial charge in [0.2, 0.25) is 0 Å². The molecule has 3 aromatic carbocycles. The van der Waals surface area contributed by atoms with Gasteiger partial charge in [0.05, 0.1) is 30.1 Å². The summed E-state index contributed by atoms with van der Waals surface area (Å²) in [6.07, 6.45) is 4.65. The number of hydrogen-bond donors (Lipinski definition) is 0.